The molecule has 0 N–H and O–H groups in total. The minimum absolute atomic E-state index is 0.904. The maximum atomic E-state index is 2.81. The van der Waals surface area contributed by atoms with Gasteiger partial charge < -0.3 is 4.90 Å². The van der Waals surface area contributed by atoms with Crippen molar-refractivity contribution < 1.29 is 0 Å². The summed E-state index contributed by atoms with van der Waals surface area (Å²) in [7, 11) is 0. The van der Waals surface area contributed by atoms with Crippen LogP contribution in [0, 0.1) is 23.7 Å². The lowest BCUT2D eigenvalue weighted by atomic mass is 9.86. The molecule has 4 rings (SSSR count). The average Bonchev–Trinajstić information content (AvgIpc) is 3.11. The standard InChI is InChI=1S/C19H32N2/c1-15-3-2-4-19(11-15)21-9-7-20(8-10-21)14-18-13-16-5-6-17(18)12-16/h5-6,15-19H,2-4,7-14H2,1H3. The molecule has 0 aromatic carbocycles. The first-order chi connectivity index (χ1) is 10.3. The second-order valence-corrected chi connectivity index (χ2v) is 8.30. The highest BCUT2D eigenvalue weighted by Crippen LogP contribution is 2.43. The molecule has 1 saturated heterocycles. The Bertz CT molecular complexity index is 383. The van der Waals surface area contributed by atoms with Crippen molar-refractivity contribution in [2.75, 3.05) is 32.7 Å². The van der Waals surface area contributed by atoms with Crippen LogP contribution in [0.4, 0.5) is 0 Å². The molecule has 21 heavy (non-hydrogen) atoms. The van der Waals surface area contributed by atoms with Crippen LogP contribution < -0.4 is 0 Å². The number of fused-ring (bicyclic) bond motifs is 2. The lowest BCUT2D eigenvalue weighted by molar-refractivity contribution is 0.0601. The van der Waals surface area contributed by atoms with Crippen molar-refractivity contribution in [2.45, 2.75) is 51.5 Å². The van der Waals surface area contributed by atoms with Gasteiger partial charge >= 0.3 is 0 Å². The summed E-state index contributed by atoms with van der Waals surface area (Å²) in [6, 6.07) is 0.904. The highest BCUT2D eigenvalue weighted by atomic mass is 15.3. The van der Waals surface area contributed by atoms with Gasteiger partial charge in [0.15, 0.2) is 0 Å². The third kappa shape index (κ3) is 3.07. The van der Waals surface area contributed by atoms with Gasteiger partial charge in [0.2, 0.25) is 0 Å². The minimum atomic E-state index is 0.904. The van der Waals surface area contributed by atoms with Crippen LogP contribution in [0.25, 0.3) is 0 Å². The van der Waals surface area contributed by atoms with Crippen molar-refractivity contribution in [3.8, 4) is 0 Å². The van der Waals surface area contributed by atoms with E-state index in [0.717, 1.165) is 29.7 Å². The monoisotopic (exact) mass is 288 g/mol. The van der Waals surface area contributed by atoms with Crippen LogP contribution in [0.5, 0.6) is 0 Å². The maximum absolute atomic E-state index is 2.81. The van der Waals surface area contributed by atoms with E-state index in [-0.39, 0.29) is 0 Å². The van der Waals surface area contributed by atoms with Crippen molar-refractivity contribution in [3.63, 3.8) is 0 Å². The summed E-state index contributed by atoms with van der Waals surface area (Å²) in [6.07, 6.45) is 13.8. The Hall–Kier alpha value is -0.340. The zero-order valence-electron chi connectivity index (χ0n) is 13.7. The Morgan fingerprint density at radius 3 is 2.48 bits per heavy atom. The normalized spacial score (nSPS) is 44.5. The van der Waals surface area contributed by atoms with Crippen LogP contribution >= 0.6 is 0 Å². The molecule has 0 radical (unpaired) electrons. The molecule has 3 fully saturated rings. The van der Waals surface area contributed by atoms with Crippen LogP contribution in [0.3, 0.4) is 0 Å². The van der Waals surface area contributed by atoms with Crippen LogP contribution in [0.15, 0.2) is 12.2 Å². The molecular formula is C19H32N2. The summed E-state index contributed by atoms with van der Waals surface area (Å²) in [5, 5.41) is 0. The van der Waals surface area contributed by atoms with Crippen molar-refractivity contribution in [3.05, 3.63) is 12.2 Å². The van der Waals surface area contributed by atoms with Gasteiger partial charge in [-0.3, -0.25) is 4.90 Å². The van der Waals surface area contributed by atoms with E-state index in [0.29, 0.717) is 0 Å². The highest BCUT2D eigenvalue weighted by molar-refractivity contribution is 5.10. The van der Waals surface area contributed by atoms with E-state index in [4.69, 9.17) is 0 Å². The molecule has 2 saturated carbocycles. The zero-order valence-corrected chi connectivity index (χ0v) is 13.7. The van der Waals surface area contributed by atoms with E-state index in [2.05, 4.69) is 28.9 Å². The van der Waals surface area contributed by atoms with Crippen LogP contribution in [0.2, 0.25) is 0 Å². The number of piperazine rings is 1. The lowest BCUT2D eigenvalue weighted by Gasteiger charge is -2.42. The van der Waals surface area contributed by atoms with Gasteiger partial charge in [0.25, 0.3) is 0 Å². The van der Waals surface area contributed by atoms with E-state index < -0.39 is 0 Å². The molecular weight excluding hydrogens is 256 g/mol. The van der Waals surface area contributed by atoms with Crippen molar-refractivity contribution in [1.82, 2.24) is 9.80 Å². The van der Waals surface area contributed by atoms with Crippen LogP contribution in [0.1, 0.15) is 45.4 Å². The first-order valence-corrected chi connectivity index (χ1v) is 9.42. The molecule has 4 aliphatic rings. The third-order valence-corrected chi connectivity index (χ3v) is 6.74. The van der Waals surface area contributed by atoms with Gasteiger partial charge in [-0.2, -0.15) is 0 Å². The van der Waals surface area contributed by atoms with Crippen LogP contribution in [-0.4, -0.2) is 48.6 Å². The lowest BCUT2D eigenvalue weighted by Crippen LogP contribution is -2.52. The van der Waals surface area contributed by atoms with Gasteiger partial charge in [-0.15, -0.1) is 0 Å². The van der Waals surface area contributed by atoms with E-state index >= 15 is 0 Å². The Morgan fingerprint density at radius 1 is 0.952 bits per heavy atom. The molecule has 2 bridgehead atoms. The number of hydrogen-bond donors (Lipinski definition) is 0. The predicted octanol–water partition coefficient (Wildman–Crippen LogP) is 3.39. The van der Waals surface area contributed by atoms with Gasteiger partial charge in [-0.05, 0) is 49.4 Å². The first-order valence-electron chi connectivity index (χ1n) is 9.42. The summed E-state index contributed by atoms with van der Waals surface area (Å²) in [5.74, 6) is 3.79. The Morgan fingerprint density at radius 2 is 1.81 bits per heavy atom. The molecule has 0 aromatic rings. The fourth-order valence-electron chi connectivity index (χ4n) is 5.48. The minimum Gasteiger partial charge on any atom is -0.300 e. The zero-order chi connectivity index (χ0) is 14.2. The second-order valence-electron chi connectivity index (χ2n) is 8.30. The third-order valence-electron chi connectivity index (χ3n) is 6.74. The number of rotatable bonds is 3. The van der Waals surface area contributed by atoms with Crippen molar-refractivity contribution in [2.24, 2.45) is 23.7 Å². The molecule has 0 aromatic heterocycles. The Balaban J connectivity index is 1.24. The van der Waals surface area contributed by atoms with Gasteiger partial charge in [0.05, 0.1) is 0 Å². The maximum Gasteiger partial charge on any atom is 0.0113 e. The molecule has 5 unspecified atom stereocenters. The smallest absolute Gasteiger partial charge is 0.0113 e. The second kappa shape index (κ2) is 6.04. The summed E-state index contributed by atoms with van der Waals surface area (Å²) < 4.78 is 0. The molecule has 2 nitrogen and oxygen atoms in total. The van der Waals surface area contributed by atoms with Gasteiger partial charge in [-0.25, -0.2) is 0 Å². The fourth-order valence-corrected chi connectivity index (χ4v) is 5.48. The molecule has 0 spiro atoms. The summed E-state index contributed by atoms with van der Waals surface area (Å²) in [5.41, 5.74) is 0. The van der Waals surface area contributed by atoms with E-state index in [1.807, 2.05) is 0 Å². The predicted molar refractivity (Wildman–Crippen MR) is 88.3 cm³/mol. The molecule has 0 amide bonds. The number of hydrogen-bond acceptors (Lipinski definition) is 2. The average molecular weight is 288 g/mol. The molecule has 5 atom stereocenters. The number of nitrogens with zero attached hydrogens (tertiary/aromatic N) is 2. The van der Waals surface area contributed by atoms with Crippen LogP contribution in [-0.2, 0) is 0 Å². The van der Waals surface area contributed by atoms with Gasteiger partial charge in [0.1, 0.15) is 0 Å². The Kier molecular flexibility index (Phi) is 4.10. The van der Waals surface area contributed by atoms with Gasteiger partial charge in [-0.1, -0.05) is 31.9 Å². The molecule has 3 aliphatic carbocycles. The van der Waals surface area contributed by atoms with Crippen molar-refractivity contribution >= 4 is 0 Å². The van der Waals surface area contributed by atoms with Gasteiger partial charge in [0, 0.05) is 38.8 Å². The van der Waals surface area contributed by atoms with E-state index in [1.54, 1.807) is 0 Å². The highest BCUT2D eigenvalue weighted by Gasteiger charge is 2.37. The SMILES string of the molecule is CC1CCCC(N2CCN(CC3CC4C=CC3C4)CC2)C1. The summed E-state index contributed by atoms with van der Waals surface area (Å²) in [4.78, 5) is 5.58. The molecule has 1 aliphatic heterocycles. The topological polar surface area (TPSA) is 6.48 Å². The Labute approximate surface area is 130 Å². The molecule has 1 heterocycles. The summed E-state index contributed by atoms with van der Waals surface area (Å²) >= 11 is 0. The fraction of sp³-hybridized carbons (Fsp3) is 0.895. The quantitative estimate of drug-likeness (QED) is 0.735. The first kappa shape index (κ1) is 14.3. The molecule has 118 valence electrons. The summed E-state index contributed by atoms with van der Waals surface area (Å²) in [6.45, 7) is 9.12. The number of allylic oxidation sites excluding steroid dienone is 2. The molecule has 2 heteroatoms. The largest absolute Gasteiger partial charge is 0.300 e. The van der Waals surface area contributed by atoms with E-state index in [9.17, 15) is 0 Å². The van der Waals surface area contributed by atoms with E-state index in [1.165, 1.54) is 71.2 Å². The van der Waals surface area contributed by atoms with Crippen molar-refractivity contribution in [1.29, 1.82) is 0 Å².